The first-order valence-corrected chi connectivity index (χ1v) is 9.76. The smallest absolute Gasteiger partial charge is 0.242 e. The maximum Gasteiger partial charge on any atom is 0.242 e. The highest BCUT2D eigenvalue weighted by molar-refractivity contribution is 6.36. The van der Waals surface area contributed by atoms with Crippen molar-refractivity contribution in [2.45, 2.75) is 32.9 Å². The third-order valence-corrected chi connectivity index (χ3v) is 5.13. The second-order valence-corrected chi connectivity index (χ2v) is 7.13. The van der Waals surface area contributed by atoms with Gasteiger partial charge in [0.2, 0.25) is 11.8 Å². The van der Waals surface area contributed by atoms with E-state index < -0.39 is 6.04 Å². The Bertz CT molecular complexity index is 805. The molecule has 2 aromatic rings. The Morgan fingerprint density at radius 1 is 1.11 bits per heavy atom. The van der Waals surface area contributed by atoms with Crippen LogP contribution in [0.3, 0.4) is 0 Å². The number of likely N-dealkylation sites (N-methyl/N-ethyl adjacent to an activating group) is 1. The molecule has 28 heavy (non-hydrogen) atoms. The minimum atomic E-state index is -0.643. The van der Waals surface area contributed by atoms with Gasteiger partial charge in [0.1, 0.15) is 11.8 Å². The summed E-state index contributed by atoms with van der Waals surface area (Å²) in [6.45, 7) is 4.32. The molecule has 0 bridgehead atoms. The fourth-order valence-electron chi connectivity index (χ4n) is 2.79. The van der Waals surface area contributed by atoms with Gasteiger partial charge in [0.15, 0.2) is 0 Å². The molecule has 0 spiro atoms. The van der Waals surface area contributed by atoms with Gasteiger partial charge < -0.3 is 15.0 Å². The zero-order chi connectivity index (χ0) is 20.7. The molecular formula is C21H24Cl2N2O3. The summed E-state index contributed by atoms with van der Waals surface area (Å²) in [6.07, 6.45) is 0.0123. The van der Waals surface area contributed by atoms with E-state index in [9.17, 15) is 9.59 Å². The van der Waals surface area contributed by atoms with E-state index in [0.717, 1.165) is 11.3 Å². The molecule has 2 amide bonds. The Kier molecular flexibility index (Phi) is 8.15. The van der Waals surface area contributed by atoms with Gasteiger partial charge >= 0.3 is 0 Å². The number of ether oxygens (including phenoxy) is 1. The Hall–Kier alpha value is -2.24. The van der Waals surface area contributed by atoms with Crippen LogP contribution < -0.4 is 10.1 Å². The van der Waals surface area contributed by atoms with Crippen molar-refractivity contribution in [1.29, 1.82) is 0 Å². The molecule has 0 heterocycles. The average Bonchev–Trinajstić information content (AvgIpc) is 2.69. The van der Waals surface area contributed by atoms with Crippen LogP contribution in [-0.2, 0) is 22.6 Å². The van der Waals surface area contributed by atoms with Crippen molar-refractivity contribution < 1.29 is 14.3 Å². The number of halogens is 2. The van der Waals surface area contributed by atoms with E-state index in [-0.39, 0.29) is 24.8 Å². The Morgan fingerprint density at radius 2 is 1.71 bits per heavy atom. The molecule has 2 aromatic carbocycles. The van der Waals surface area contributed by atoms with E-state index >= 15 is 0 Å². The van der Waals surface area contributed by atoms with Gasteiger partial charge in [0, 0.05) is 23.1 Å². The highest BCUT2D eigenvalue weighted by Crippen LogP contribution is 2.26. The van der Waals surface area contributed by atoms with Crippen molar-refractivity contribution in [3.8, 4) is 5.75 Å². The minimum Gasteiger partial charge on any atom is -0.497 e. The number of carbonyl (C=O) groups excluding carboxylic acids is 2. The Balaban J connectivity index is 2.27. The van der Waals surface area contributed by atoms with Crippen LogP contribution in [0, 0.1) is 0 Å². The second kappa shape index (κ2) is 10.3. The highest BCUT2D eigenvalue weighted by Gasteiger charge is 2.26. The van der Waals surface area contributed by atoms with Crippen molar-refractivity contribution >= 4 is 35.0 Å². The number of benzene rings is 2. The number of hydrogen-bond donors (Lipinski definition) is 1. The predicted molar refractivity (Wildman–Crippen MR) is 112 cm³/mol. The molecule has 1 unspecified atom stereocenters. The number of nitrogens with one attached hydrogen (secondary N) is 1. The molecule has 0 aliphatic carbocycles. The molecule has 0 radical (unpaired) electrons. The van der Waals surface area contributed by atoms with E-state index in [1.807, 2.05) is 31.2 Å². The number of amides is 2. The average molecular weight is 423 g/mol. The number of methoxy groups -OCH3 is 1. The molecule has 0 fully saturated rings. The van der Waals surface area contributed by atoms with E-state index in [0.29, 0.717) is 22.2 Å². The molecule has 7 heteroatoms. The van der Waals surface area contributed by atoms with Crippen LogP contribution in [0.5, 0.6) is 5.75 Å². The molecule has 1 N–H and O–H groups in total. The summed E-state index contributed by atoms with van der Waals surface area (Å²) >= 11 is 12.4. The Labute approximate surface area is 175 Å². The third-order valence-electron chi connectivity index (χ3n) is 4.42. The second-order valence-electron chi connectivity index (χ2n) is 6.32. The summed E-state index contributed by atoms with van der Waals surface area (Å²) in [7, 11) is 1.59. The topological polar surface area (TPSA) is 58.6 Å². The monoisotopic (exact) mass is 422 g/mol. The lowest BCUT2D eigenvalue weighted by Crippen LogP contribution is -2.48. The van der Waals surface area contributed by atoms with Crippen molar-refractivity contribution in [1.82, 2.24) is 10.2 Å². The first-order valence-electron chi connectivity index (χ1n) is 9.00. The van der Waals surface area contributed by atoms with Crippen LogP contribution in [0.1, 0.15) is 25.0 Å². The fraction of sp³-hybridized carbons (Fsp3) is 0.333. The summed E-state index contributed by atoms with van der Waals surface area (Å²) in [5.41, 5.74) is 1.44. The number of carbonyl (C=O) groups is 2. The lowest BCUT2D eigenvalue weighted by molar-refractivity contribution is -0.140. The number of rotatable bonds is 8. The first-order chi connectivity index (χ1) is 13.4. The van der Waals surface area contributed by atoms with Gasteiger partial charge in [-0.15, -0.1) is 0 Å². The lowest BCUT2D eigenvalue weighted by Gasteiger charge is -2.29. The van der Waals surface area contributed by atoms with Crippen LogP contribution in [0.4, 0.5) is 0 Å². The summed E-state index contributed by atoms with van der Waals surface area (Å²) < 4.78 is 5.17. The standard InChI is InChI=1S/C21H24Cl2N2O3/c1-4-24-21(27)14(2)25(13-15-8-10-16(28-3)11-9-15)20(26)12-17-18(22)6-5-7-19(17)23/h5-11,14H,4,12-13H2,1-3H3,(H,24,27). The van der Waals surface area contributed by atoms with Crippen molar-refractivity contribution in [3.63, 3.8) is 0 Å². The van der Waals surface area contributed by atoms with Gasteiger partial charge in [0.25, 0.3) is 0 Å². The van der Waals surface area contributed by atoms with Gasteiger partial charge in [0.05, 0.1) is 13.5 Å². The van der Waals surface area contributed by atoms with E-state index in [4.69, 9.17) is 27.9 Å². The maximum atomic E-state index is 13.1. The van der Waals surface area contributed by atoms with Gasteiger partial charge in [-0.1, -0.05) is 41.4 Å². The van der Waals surface area contributed by atoms with Crippen molar-refractivity contribution in [2.24, 2.45) is 0 Å². The summed E-state index contributed by atoms with van der Waals surface area (Å²) in [5, 5.41) is 3.62. The molecule has 0 aliphatic heterocycles. The van der Waals surface area contributed by atoms with Crippen molar-refractivity contribution in [2.75, 3.05) is 13.7 Å². The van der Waals surface area contributed by atoms with Gasteiger partial charge in [-0.3, -0.25) is 9.59 Å². The first kappa shape index (κ1) is 22.1. The molecule has 0 saturated heterocycles. The van der Waals surface area contributed by atoms with Crippen LogP contribution >= 0.6 is 23.2 Å². The van der Waals surface area contributed by atoms with Crippen LogP contribution in [0.15, 0.2) is 42.5 Å². The Morgan fingerprint density at radius 3 is 2.25 bits per heavy atom. The summed E-state index contributed by atoms with van der Waals surface area (Å²) in [5.74, 6) is 0.278. The predicted octanol–water partition coefficient (Wildman–Crippen LogP) is 4.10. The quantitative estimate of drug-likeness (QED) is 0.696. The molecule has 0 aromatic heterocycles. The molecule has 1 atom stereocenters. The van der Waals surface area contributed by atoms with Crippen LogP contribution in [0.2, 0.25) is 10.0 Å². The zero-order valence-electron chi connectivity index (χ0n) is 16.2. The molecule has 150 valence electrons. The normalized spacial score (nSPS) is 11.6. The molecule has 2 rings (SSSR count). The van der Waals surface area contributed by atoms with E-state index in [1.165, 1.54) is 4.90 Å². The molecule has 0 saturated carbocycles. The largest absolute Gasteiger partial charge is 0.497 e. The minimum absolute atomic E-state index is 0.0123. The third kappa shape index (κ3) is 5.63. The zero-order valence-corrected chi connectivity index (χ0v) is 17.7. The van der Waals surface area contributed by atoms with Crippen LogP contribution in [0.25, 0.3) is 0 Å². The van der Waals surface area contributed by atoms with Gasteiger partial charge in [-0.25, -0.2) is 0 Å². The number of hydrogen-bond acceptors (Lipinski definition) is 3. The highest BCUT2D eigenvalue weighted by atomic mass is 35.5. The van der Waals surface area contributed by atoms with Crippen LogP contribution in [-0.4, -0.2) is 36.4 Å². The SMILES string of the molecule is CCNC(=O)C(C)N(Cc1ccc(OC)cc1)C(=O)Cc1c(Cl)cccc1Cl. The van der Waals surface area contributed by atoms with Gasteiger partial charge in [-0.2, -0.15) is 0 Å². The molecule has 0 aliphatic rings. The fourth-order valence-corrected chi connectivity index (χ4v) is 3.32. The lowest BCUT2D eigenvalue weighted by atomic mass is 10.1. The number of nitrogens with zero attached hydrogens (tertiary/aromatic N) is 1. The van der Waals surface area contributed by atoms with E-state index in [2.05, 4.69) is 5.32 Å². The molecular weight excluding hydrogens is 399 g/mol. The van der Waals surface area contributed by atoms with Crippen molar-refractivity contribution in [3.05, 3.63) is 63.6 Å². The molecule has 5 nitrogen and oxygen atoms in total. The van der Waals surface area contributed by atoms with Gasteiger partial charge in [-0.05, 0) is 49.2 Å². The van der Waals surface area contributed by atoms with E-state index in [1.54, 1.807) is 32.2 Å². The maximum absolute atomic E-state index is 13.1. The summed E-state index contributed by atoms with van der Waals surface area (Å²) in [6, 6.07) is 11.8. The summed E-state index contributed by atoms with van der Waals surface area (Å²) in [4.78, 5) is 27.0.